The van der Waals surface area contributed by atoms with Crippen LogP contribution in [-0.4, -0.2) is 45.1 Å². The van der Waals surface area contributed by atoms with Crippen molar-refractivity contribution >= 4 is 40.7 Å². The molecule has 3 saturated carbocycles. The van der Waals surface area contributed by atoms with Crippen molar-refractivity contribution in [2.75, 3.05) is 5.88 Å². The summed E-state index contributed by atoms with van der Waals surface area (Å²) >= 11 is 13.6. The number of rotatable bonds is 4. The van der Waals surface area contributed by atoms with E-state index in [1.54, 1.807) is 18.2 Å². The molecule has 0 amide bonds. The first kappa shape index (κ1) is 24.8. The van der Waals surface area contributed by atoms with Crippen molar-refractivity contribution in [1.29, 1.82) is 0 Å². The highest BCUT2D eigenvalue weighted by Gasteiger charge is 2.75. The van der Waals surface area contributed by atoms with Gasteiger partial charge < -0.3 is 14.3 Å². The van der Waals surface area contributed by atoms with E-state index >= 15 is 0 Å². The number of ether oxygens (including phenoxy) is 1. The van der Waals surface area contributed by atoms with Gasteiger partial charge in [-0.1, -0.05) is 25.0 Å². The van der Waals surface area contributed by atoms with Gasteiger partial charge in [0.05, 0.1) is 23.1 Å². The van der Waals surface area contributed by atoms with Gasteiger partial charge in [-0.3, -0.25) is 9.59 Å². The van der Waals surface area contributed by atoms with Crippen LogP contribution in [0.3, 0.4) is 0 Å². The third-order valence-electron chi connectivity index (χ3n) is 9.83. The van der Waals surface area contributed by atoms with Crippen LogP contribution >= 0.6 is 23.2 Å². The number of Topliss-reactive ketones (excluding diaryl/α,β-unsaturated/α-hetero) is 1. The third-order valence-corrected chi connectivity index (χ3v) is 11.0. The van der Waals surface area contributed by atoms with Gasteiger partial charge in [0.25, 0.3) is 0 Å². The molecule has 4 aliphatic rings. The zero-order chi connectivity index (χ0) is 25.4. The molecule has 6 nitrogen and oxygen atoms in total. The van der Waals surface area contributed by atoms with Crippen molar-refractivity contribution in [1.82, 2.24) is 0 Å². The molecule has 0 aromatic carbocycles. The number of hydrogen-bond acceptors (Lipinski definition) is 6. The number of allylic oxidation sites excluding steroid dienone is 4. The average Bonchev–Trinajstić information content (AvgIpc) is 3.43. The lowest BCUT2D eigenvalue weighted by molar-refractivity contribution is -0.172. The summed E-state index contributed by atoms with van der Waals surface area (Å²) in [6.45, 7) is 5.84. The molecule has 0 spiro atoms. The SMILES string of the molecule is CC1=CC(=O)C=C2CC[C@H]3[C@@H]4CC[C@](OC(=O)c5ccco5)(C(=O)CCl)[C@@]4(C)CC(O)[C@]3(Cl)[C@@]12C. The second-order valence-corrected chi connectivity index (χ2v) is 11.9. The average molecular weight is 521 g/mol. The maximum atomic E-state index is 13.4. The zero-order valence-corrected chi connectivity index (χ0v) is 21.6. The molecule has 5 rings (SSSR count). The summed E-state index contributed by atoms with van der Waals surface area (Å²) in [5.74, 6) is -1.71. The van der Waals surface area contributed by atoms with Crippen LogP contribution in [0.4, 0.5) is 0 Å². The standard InChI is InChI=1S/C27H30Cl2O6/c1-15-11-17(30)12-16-6-7-19-18-8-9-26(22(32)14-28,35-23(33)20-5-4-10-34-20)24(18,2)13-21(31)27(19,29)25(15,16)3/h4-5,10-12,18-19,21,31H,6-9,13-14H2,1-3H3/t18-,19-,21?,24-,25-,26-,27-/m0/s1. The van der Waals surface area contributed by atoms with Crippen LogP contribution in [0.5, 0.6) is 0 Å². The van der Waals surface area contributed by atoms with Crippen LogP contribution in [0.1, 0.15) is 63.4 Å². The van der Waals surface area contributed by atoms with Crippen LogP contribution in [0, 0.1) is 22.7 Å². The molecule has 1 aromatic rings. The summed E-state index contributed by atoms with van der Waals surface area (Å²) in [4.78, 5) is 37.6. The van der Waals surface area contributed by atoms with Crippen molar-refractivity contribution in [2.45, 2.75) is 69.5 Å². The van der Waals surface area contributed by atoms with Crippen molar-refractivity contribution in [3.63, 3.8) is 0 Å². The van der Waals surface area contributed by atoms with Gasteiger partial charge in [0.2, 0.25) is 5.76 Å². The lowest BCUT2D eigenvalue weighted by Gasteiger charge is -2.65. The zero-order valence-electron chi connectivity index (χ0n) is 20.1. The second-order valence-electron chi connectivity index (χ2n) is 11.0. The number of halogens is 2. The topological polar surface area (TPSA) is 93.8 Å². The van der Waals surface area contributed by atoms with Crippen LogP contribution in [0.2, 0.25) is 0 Å². The second kappa shape index (κ2) is 8.06. The Balaban J connectivity index is 1.59. The van der Waals surface area contributed by atoms with Crippen LogP contribution in [0.25, 0.3) is 0 Å². The Hall–Kier alpha value is -1.89. The number of ketones is 2. The van der Waals surface area contributed by atoms with Gasteiger partial charge in [0, 0.05) is 10.8 Å². The van der Waals surface area contributed by atoms with E-state index in [0.717, 1.165) is 11.1 Å². The minimum absolute atomic E-state index is 0.00874. The first-order valence-electron chi connectivity index (χ1n) is 12.1. The lowest BCUT2D eigenvalue weighted by Crippen LogP contribution is -2.69. The number of furan rings is 1. The van der Waals surface area contributed by atoms with Crippen LogP contribution in [-0.2, 0) is 14.3 Å². The maximum absolute atomic E-state index is 13.4. The molecule has 0 radical (unpaired) electrons. The predicted molar refractivity (Wildman–Crippen MR) is 130 cm³/mol. The highest BCUT2D eigenvalue weighted by Crippen LogP contribution is 2.72. The molecule has 0 aliphatic heterocycles. The smallest absolute Gasteiger partial charge is 0.375 e. The molecule has 1 N–H and O–H groups in total. The molecule has 0 bridgehead atoms. The van der Waals surface area contributed by atoms with E-state index in [1.165, 1.54) is 12.3 Å². The van der Waals surface area contributed by atoms with Crippen molar-refractivity contribution < 1.29 is 28.6 Å². The Labute approximate surface area is 214 Å². The molecule has 1 aromatic heterocycles. The monoisotopic (exact) mass is 520 g/mol. The van der Waals surface area contributed by atoms with Gasteiger partial charge in [-0.25, -0.2) is 4.79 Å². The molecule has 35 heavy (non-hydrogen) atoms. The molecule has 188 valence electrons. The quantitative estimate of drug-likeness (QED) is 0.442. The molecule has 3 fully saturated rings. The normalized spacial score (nSPS) is 42.3. The summed E-state index contributed by atoms with van der Waals surface area (Å²) in [7, 11) is 0. The molecular formula is C27H30Cl2O6. The van der Waals surface area contributed by atoms with Gasteiger partial charge in [-0.15, -0.1) is 23.2 Å². The number of hydrogen-bond donors (Lipinski definition) is 1. The van der Waals surface area contributed by atoms with E-state index in [1.807, 2.05) is 20.8 Å². The number of carbonyl (C=O) groups excluding carboxylic acids is 3. The van der Waals surface area contributed by atoms with E-state index in [-0.39, 0.29) is 41.5 Å². The minimum atomic E-state index is -1.49. The van der Waals surface area contributed by atoms with Crippen molar-refractivity contribution in [3.8, 4) is 0 Å². The summed E-state index contributed by atoms with van der Waals surface area (Å²) in [6, 6.07) is 3.07. The summed E-state index contributed by atoms with van der Waals surface area (Å²) in [5, 5.41) is 11.8. The van der Waals surface area contributed by atoms with Crippen molar-refractivity contribution in [3.05, 3.63) is 47.5 Å². The molecule has 1 heterocycles. The van der Waals surface area contributed by atoms with Gasteiger partial charge in [-0.2, -0.15) is 0 Å². The number of alkyl halides is 2. The van der Waals surface area contributed by atoms with Crippen molar-refractivity contribution in [2.24, 2.45) is 22.7 Å². The van der Waals surface area contributed by atoms with E-state index in [4.69, 9.17) is 32.4 Å². The van der Waals surface area contributed by atoms with Crippen LogP contribution < -0.4 is 0 Å². The summed E-state index contributed by atoms with van der Waals surface area (Å²) in [5.41, 5.74) is -1.27. The fourth-order valence-electron chi connectivity index (χ4n) is 7.97. The Bertz CT molecular complexity index is 1150. The first-order chi connectivity index (χ1) is 16.5. The molecule has 0 saturated heterocycles. The van der Waals surface area contributed by atoms with E-state index < -0.39 is 33.4 Å². The number of esters is 1. The van der Waals surface area contributed by atoms with E-state index in [9.17, 15) is 19.5 Å². The van der Waals surface area contributed by atoms with Gasteiger partial charge in [0.15, 0.2) is 17.2 Å². The number of aliphatic hydroxyl groups is 1. The molecule has 8 heteroatoms. The first-order valence-corrected chi connectivity index (χ1v) is 13.0. The predicted octanol–water partition coefficient (Wildman–Crippen LogP) is 5.01. The summed E-state index contributed by atoms with van der Waals surface area (Å²) in [6.07, 6.45) is 6.04. The Morgan fingerprint density at radius 2 is 1.97 bits per heavy atom. The third kappa shape index (κ3) is 3.02. The highest BCUT2D eigenvalue weighted by atomic mass is 35.5. The lowest BCUT2D eigenvalue weighted by atomic mass is 9.44. The molecule has 4 aliphatic carbocycles. The van der Waals surface area contributed by atoms with Gasteiger partial charge in [0.1, 0.15) is 0 Å². The number of carbonyl (C=O) groups is 3. The molecular weight excluding hydrogens is 491 g/mol. The number of aliphatic hydroxyl groups excluding tert-OH is 1. The van der Waals surface area contributed by atoms with Gasteiger partial charge >= 0.3 is 5.97 Å². The van der Waals surface area contributed by atoms with E-state index in [0.29, 0.717) is 25.7 Å². The Morgan fingerprint density at radius 1 is 1.23 bits per heavy atom. The molecule has 1 unspecified atom stereocenters. The summed E-state index contributed by atoms with van der Waals surface area (Å²) < 4.78 is 11.2. The van der Waals surface area contributed by atoms with E-state index in [2.05, 4.69) is 0 Å². The Morgan fingerprint density at radius 3 is 2.63 bits per heavy atom. The van der Waals surface area contributed by atoms with Gasteiger partial charge in [-0.05, 0) is 75.1 Å². The highest BCUT2D eigenvalue weighted by molar-refractivity contribution is 6.29. The fraction of sp³-hybridized carbons (Fsp3) is 0.593. The maximum Gasteiger partial charge on any atom is 0.375 e. The minimum Gasteiger partial charge on any atom is -0.457 e. The van der Waals surface area contributed by atoms with Crippen LogP contribution in [0.15, 0.2) is 46.1 Å². The largest absolute Gasteiger partial charge is 0.457 e. The Kier molecular flexibility index (Phi) is 5.71. The molecule has 7 atom stereocenters. The number of fused-ring (bicyclic) bond motifs is 5. The fourth-order valence-corrected chi connectivity index (χ4v) is 8.80.